The molecule has 3 atom stereocenters. The van der Waals surface area contributed by atoms with E-state index < -0.39 is 16.2 Å². The summed E-state index contributed by atoms with van der Waals surface area (Å²) < 4.78 is 0. The first-order chi connectivity index (χ1) is 18.1. The molecule has 2 fully saturated rings. The molecule has 0 radical (unpaired) electrons. The molecule has 0 N–H and O–H groups in total. The molecule has 2 bridgehead atoms. The van der Waals surface area contributed by atoms with E-state index >= 15 is 0 Å². The fourth-order valence-corrected chi connectivity index (χ4v) is 6.58. The van der Waals surface area contributed by atoms with Crippen molar-refractivity contribution in [3.05, 3.63) is 58.2 Å². The van der Waals surface area contributed by atoms with Crippen molar-refractivity contribution < 1.29 is 14.4 Å². The average Bonchev–Trinajstić information content (AvgIpc) is 2.81. The summed E-state index contributed by atoms with van der Waals surface area (Å²) in [7, 11) is 0. The maximum absolute atomic E-state index is 14.7. The van der Waals surface area contributed by atoms with Crippen molar-refractivity contribution in [1.29, 1.82) is 0 Å². The number of rotatable bonds is 12. The minimum absolute atomic E-state index is 0.0667. The topological polar surface area (TPSA) is 51.2 Å². The van der Waals surface area contributed by atoms with Crippen molar-refractivity contribution >= 4 is 17.3 Å². The largest absolute Gasteiger partial charge is 0.298 e. The van der Waals surface area contributed by atoms with Gasteiger partial charge in [0, 0.05) is 0 Å². The summed E-state index contributed by atoms with van der Waals surface area (Å²) >= 11 is 0. The van der Waals surface area contributed by atoms with E-state index in [4.69, 9.17) is 0 Å². The second-order valence-corrected chi connectivity index (χ2v) is 13.6. The van der Waals surface area contributed by atoms with E-state index in [1.807, 2.05) is 0 Å². The van der Waals surface area contributed by atoms with Gasteiger partial charge in [-0.3, -0.25) is 14.4 Å². The Kier molecular flexibility index (Phi) is 11.3. The fourth-order valence-electron chi connectivity index (χ4n) is 6.58. The third-order valence-corrected chi connectivity index (χ3v) is 9.42. The highest BCUT2D eigenvalue weighted by Gasteiger charge is 2.71. The van der Waals surface area contributed by atoms with Gasteiger partial charge in [-0.2, -0.15) is 0 Å². The minimum atomic E-state index is -1.17. The zero-order valence-electron chi connectivity index (χ0n) is 26.6. The molecular formula is C36H54O3. The third kappa shape index (κ3) is 7.27. The smallest absolute Gasteiger partial charge is 0.161 e. The van der Waals surface area contributed by atoms with Gasteiger partial charge in [-0.1, -0.05) is 72.1 Å². The molecule has 216 valence electrons. The normalized spacial score (nSPS) is 26.8. The van der Waals surface area contributed by atoms with Gasteiger partial charge < -0.3 is 0 Å². The van der Waals surface area contributed by atoms with Crippen molar-refractivity contribution in [1.82, 2.24) is 0 Å². The SMILES string of the molecule is CC(C)=CCC/C(C)=C/C[C@]12C[C@@H](CC=C(C)C)C(C)(C)[C@](C/C=C(\C)CCC=C(C)C)(C(=O)CC1=O)C2=O. The molecular weight excluding hydrogens is 480 g/mol. The summed E-state index contributed by atoms with van der Waals surface area (Å²) in [5.41, 5.74) is 3.39. The lowest BCUT2D eigenvalue weighted by molar-refractivity contribution is -0.180. The van der Waals surface area contributed by atoms with Crippen LogP contribution in [0.3, 0.4) is 0 Å². The first-order valence-electron chi connectivity index (χ1n) is 14.9. The predicted octanol–water partition coefficient (Wildman–Crippen LogP) is 9.64. The van der Waals surface area contributed by atoms with Crippen LogP contribution in [0.5, 0.6) is 0 Å². The van der Waals surface area contributed by atoms with Crippen LogP contribution in [0, 0.1) is 22.2 Å². The standard InChI is InChI=1S/C36H54O3/c1-25(2)13-11-15-28(7)19-21-35-24-30(18-17-27(5)6)34(9,10)36(33(35)39,32(38)23-31(35)37)22-20-29(8)16-12-14-26(3)4/h13-14,17,19-20,30H,11-12,15-16,18,21-24H2,1-10H3/b28-19+,29-20+/t30-,35+,36-/m1/s1. The summed E-state index contributed by atoms with van der Waals surface area (Å²) in [4.78, 5) is 42.3. The Bertz CT molecular complexity index is 1090. The highest BCUT2D eigenvalue weighted by atomic mass is 16.2. The van der Waals surface area contributed by atoms with Crippen LogP contribution in [0.2, 0.25) is 0 Å². The number of carbonyl (C=O) groups is 3. The van der Waals surface area contributed by atoms with Crippen LogP contribution in [-0.2, 0) is 14.4 Å². The van der Waals surface area contributed by atoms with E-state index in [1.165, 1.54) is 27.9 Å². The van der Waals surface area contributed by atoms with Crippen LogP contribution >= 0.6 is 0 Å². The van der Waals surface area contributed by atoms with Gasteiger partial charge in [-0.15, -0.1) is 0 Å². The molecule has 0 aliphatic heterocycles. The molecule has 0 aromatic carbocycles. The van der Waals surface area contributed by atoms with Crippen LogP contribution in [0.15, 0.2) is 58.2 Å². The van der Waals surface area contributed by atoms with E-state index in [0.717, 1.165) is 32.1 Å². The van der Waals surface area contributed by atoms with E-state index in [1.54, 1.807) is 0 Å². The Labute approximate surface area is 239 Å². The fraction of sp³-hybridized carbons (Fsp3) is 0.639. The molecule has 0 heterocycles. The van der Waals surface area contributed by atoms with Gasteiger partial charge in [0.1, 0.15) is 0 Å². The Morgan fingerprint density at radius 2 is 1.18 bits per heavy atom. The molecule has 2 aliphatic carbocycles. The maximum atomic E-state index is 14.7. The first-order valence-corrected chi connectivity index (χ1v) is 14.9. The number of allylic oxidation sites excluding steroid dienone is 10. The molecule has 2 rings (SSSR count). The summed E-state index contributed by atoms with van der Waals surface area (Å²) in [5.74, 6) is -0.380. The van der Waals surface area contributed by atoms with Crippen molar-refractivity contribution in [3.63, 3.8) is 0 Å². The monoisotopic (exact) mass is 534 g/mol. The van der Waals surface area contributed by atoms with Gasteiger partial charge >= 0.3 is 0 Å². The molecule has 3 nitrogen and oxygen atoms in total. The van der Waals surface area contributed by atoms with Crippen molar-refractivity contribution in [3.8, 4) is 0 Å². The van der Waals surface area contributed by atoms with Gasteiger partial charge in [-0.05, 0) is 118 Å². The van der Waals surface area contributed by atoms with Crippen LogP contribution in [-0.4, -0.2) is 17.3 Å². The van der Waals surface area contributed by atoms with E-state index in [-0.39, 0.29) is 29.7 Å². The summed E-state index contributed by atoms with van der Waals surface area (Å²) in [5, 5.41) is 0. The number of Topliss-reactive ketones (excluding diaryl/α,β-unsaturated/α-hetero) is 3. The Morgan fingerprint density at radius 1 is 0.692 bits per heavy atom. The zero-order valence-corrected chi connectivity index (χ0v) is 26.6. The number of hydrogen-bond donors (Lipinski definition) is 0. The van der Waals surface area contributed by atoms with Gasteiger partial charge in [0.15, 0.2) is 17.3 Å². The van der Waals surface area contributed by atoms with Gasteiger partial charge in [0.2, 0.25) is 0 Å². The number of fused-ring (bicyclic) bond motifs is 2. The lowest BCUT2D eigenvalue weighted by Gasteiger charge is -2.60. The Hall–Kier alpha value is -2.29. The highest BCUT2D eigenvalue weighted by Crippen LogP contribution is 2.64. The van der Waals surface area contributed by atoms with Gasteiger partial charge in [0.05, 0.1) is 17.3 Å². The summed E-state index contributed by atoms with van der Waals surface area (Å²) in [6, 6.07) is 0. The second kappa shape index (κ2) is 13.4. The quantitative estimate of drug-likeness (QED) is 0.185. The molecule has 0 aromatic rings. The molecule has 0 unspecified atom stereocenters. The van der Waals surface area contributed by atoms with E-state index in [9.17, 15) is 14.4 Å². The van der Waals surface area contributed by atoms with E-state index in [2.05, 4.69) is 99.6 Å². The zero-order chi connectivity index (χ0) is 29.6. The lowest BCUT2D eigenvalue weighted by Crippen LogP contribution is -2.68. The van der Waals surface area contributed by atoms with Crippen molar-refractivity contribution in [2.75, 3.05) is 0 Å². The minimum Gasteiger partial charge on any atom is -0.298 e. The van der Waals surface area contributed by atoms with E-state index in [0.29, 0.717) is 19.3 Å². The van der Waals surface area contributed by atoms with Crippen LogP contribution in [0.1, 0.15) is 127 Å². The molecule has 0 aromatic heterocycles. The molecule has 2 aliphatic rings. The predicted molar refractivity (Wildman–Crippen MR) is 165 cm³/mol. The van der Waals surface area contributed by atoms with Gasteiger partial charge in [-0.25, -0.2) is 0 Å². The molecule has 39 heavy (non-hydrogen) atoms. The summed E-state index contributed by atoms with van der Waals surface area (Å²) in [6.45, 7) is 21.0. The maximum Gasteiger partial charge on any atom is 0.161 e. The highest BCUT2D eigenvalue weighted by molar-refractivity contribution is 6.28. The Morgan fingerprint density at radius 3 is 1.67 bits per heavy atom. The van der Waals surface area contributed by atoms with Crippen LogP contribution in [0.25, 0.3) is 0 Å². The molecule has 2 saturated carbocycles. The van der Waals surface area contributed by atoms with Crippen LogP contribution in [0.4, 0.5) is 0 Å². The third-order valence-electron chi connectivity index (χ3n) is 9.42. The average molecular weight is 535 g/mol. The number of hydrogen-bond acceptors (Lipinski definition) is 3. The molecule has 3 heteroatoms. The molecule has 0 amide bonds. The van der Waals surface area contributed by atoms with Crippen molar-refractivity contribution in [2.45, 2.75) is 127 Å². The number of ketones is 3. The number of carbonyl (C=O) groups excluding carboxylic acids is 3. The van der Waals surface area contributed by atoms with Crippen molar-refractivity contribution in [2.24, 2.45) is 22.2 Å². The lowest BCUT2D eigenvalue weighted by atomic mass is 9.39. The molecule has 0 spiro atoms. The molecule has 0 saturated heterocycles. The summed E-state index contributed by atoms with van der Waals surface area (Å²) in [6.07, 6.45) is 16.6. The van der Waals surface area contributed by atoms with Crippen LogP contribution < -0.4 is 0 Å². The first kappa shape index (κ1) is 32.9. The second-order valence-electron chi connectivity index (χ2n) is 13.6. The Balaban J connectivity index is 2.57. The van der Waals surface area contributed by atoms with Gasteiger partial charge in [0.25, 0.3) is 0 Å².